The Labute approximate surface area is 197 Å². The molecule has 0 spiro atoms. The Hall–Kier alpha value is -3.62. The van der Waals surface area contributed by atoms with Crippen LogP contribution in [-0.2, 0) is 11.2 Å². The van der Waals surface area contributed by atoms with Gasteiger partial charge in [0, 0.05) is 18.4 Å². The Balaban J connectivity index is 1.16. The highest BCUT2D eigenvalue weighted by Gasteiger charge is 2.42. The van der Waals surface area contributed by atoms with Crippen molar-refractivity contribution in [3.05, 3.63) is 84.1 Å². The van der Waals surface area contributed by atoms with Gasteiger partial charge in [-0.3, -0.25) is 15.2 Å². The van der Waals surface area contributed by atoms with Gasteiger partial charge in [-0.1, -0.05) is 30.3 Å². The summed E-state index contributed by atoms with van der Waals surface area (Å²) in [6.45, 7) is 0. The molecule has 1 aliphatic carbocycles. The van der Waals surface area contributed by atoms with Crippen LogP contribution in [0, 0.1) is 5.92 Å². The summed E-state index contributed by atoms with van der Waals surface area (Å²) >= 11 is 0. The minimum atomic E-state index is -0.0309. The third-order valence-electron chi connectivity index (χ3n) is 7.04. The number of fused-ring (bicyclic) bond motifs is 2. The van der Waals surface area contributed by atoms with Crippen LogP contribution in [0.15, 0.2) is 67.1 Å². The van der Waals surface area contributed by atoms with Gasteiger partial charge in [0.2, 0.25) is 5.91 Å². The van der Waals surface area contributed by atoms with Crippen LogP contribution in [0.5, 0.6) is 0 Å². The Morgan fingerprint density at radius 3 is 2.85 bits per heavy atom. The smallest absolute Gasteiger partial charge is 0.228 e. The summed E-state index contributed by atoms with van der Waals surface area (Å²) in [5.41, 5.74) is 11.6. The molecular weight excluding hydrogens is 426 g/mol. The molecule has 1 saturated heterocycles. The predicted octanol–water partition coefficient (Wildman–Crippen LogP) is 3.64. The summed E-state index contributed by atoms with van der Waals surface area (Å²) in [4.78, 5) is 29.5. The Kier molecular flexibility index (Phi) is 5.52. The molecule has 4 heterocycles. The van der Waals surface area contributed by atoms with Gasteiger partial charge in [0.25, 0.3) is 0 Å². The highest BCUT2D eigenvalue weighted by atomic mass is 16.1. The average Bonchev–Trinajstić information content (AvgIpc) is 3.48. The lowest BCUT2D eigenvalue weighted by atomic mass is 9.73. The minimum Gasteiger partial charge on any atom is -0.339 e. The van der Waals surface area contributed by atoms with Crippen LogP contribution in [0.1, 0.15) is 48.2 Å². The van der Waals surface area contributed by atoms with Crippen molar-refractivity contribution in [1.29, 1.82) is 0 Å². The standard InChI is InChI=1S/C26H27N7O/c34-23(11-16-5-2-1-3-6-16)29-19-12-18(14-27-15-19)17-8-9-21-20(13-17)24(33-32-21)26-30-22-7-4-10-28-25(22)31-26/h1-7,10,12,14-15,17,20-21,24,32-33H,8-9,11,13H2,(H,29,34)(H,28,30,31). The van der Waals surface area contributed by atoms with Gasteiger partial charge in [0.1, 0.15) is 5.82 Å². The molecule has 2 aliphatic rings. The lowest BCUT2D eigenvalue weighted by molar-refractivity contribution is -0.115. The van der Waals surface area contributed by atoms with E-state index in [1.807, 2.05) is 48.7 Å². The summed E-state index contributed by atoms with van der Waals surface area (Å²) in [7, 11) is 0. The Morgan fingerprint density at radius 2 is 1.97 bits per heavy atom. The minimum absolute atomic E-state index is 0.0309. The van der Waals surface area contributed by atoms with Crippen LogP contribution in [0.25, 0.3) is 11.2 Å². The van der Waals surface area contributed by atoms with E-state index in [1.165, 1.54) is 5.56 Å². The van der Waals surface area contributed by atoms with E-state index in [9.17, 15) is 4.79 Å². The molecule has 4 atom stereocenters. The molecule has 6 rings (SSSR count). The number of carbonyl (C=O) groups is 1. The summed E-state index contributed by atoms with van der Waals surface area (Å²) < 4.78 is 0. The van der Waals surface area contributed by atoms with Crippen molar-refractivity contribution in [2.24, 2.45) is 5.92 Å². The zero-order valence-electron chi connectivity index (χ0n) is 18.7. The number of nitrogens with one attached hydrogen (secondary N) is 4. The van der Waals surface area contributed by atoms with Gasteiger partial charge >= 0.3 is 0 Å². The van der Waals surface area contributed by atoms with Crippen LogP contribution >= 0.6 is 0 Å². The number of H-pyrrole nitrogens is 1. The van der Waals surface area contributed by atoms with E-state index in [0.717, 1.165) is 47.5 Å². The maximum Gasteiger partial charge on any atom is 0.228 e. The summed E-state index contributed by atoms with van der Waals surface area (Å²) in [6, 6.07) is 16.3. The van der Waals surface area contributed by atoms with Gasteiger partial charge in [-0.2, -0.15) is 0 Å². The number of pyridine rings is 2. The fraction of sp³-hybridized carbons (Fsp3) is 0.308. The van der Waals surface area contributed by atoms with Crippen LogP contribution in [0.3, 0.4) is 0 Å². The normalized spacial score (nSPS) is 24.1. The second-order valence-corrected chi connectivity index (χ2v) is 9.26. The second kappa shape index (κ2) is 8.96. The van der Waals surface area contributed by atoms with Crippen molar-refractivity contribution in [2.75, 3.05) is 5.32 Å². The number of amides is 1. The number of nitrogens with zero attached hydrogens (tertiary/aromatic N) is 3. The third kappa shape index (κ3) is 4.18. The molecule has 0 bridgehead atoms. The molecule has 4 N–H and O–H groups in total. The summed E-state index contributed by atoms with van der Waals surface area (Å²) in [6.07, 6.45) is 8.95. The zero-order valence-corrected chi connectivity index (χ0v) is 18.7. The molecule has 172 valence electrons. The van der Waals surface area contributed by atoms with E-state index in [2.05, 4.69) is 37.2 Å². The lowest BCUT2D eigenvalue weighted by Crippen LogP contribution is -2.34. The largest absolute Gasteiger partial charge is 0.339 e. The maximum atomic E-state index is 12.5. The van der Waals surface area contributed by atoms with Crippen LogP contribution in [-0.4, -0.2) is 31.9 Å². The number of hydrazine groups is 1. The lowest BCUT2D eigenvalue weighted by Gasteiger charge is -2.33. The van der Waals surface area contributed by atoms with E-state index < -0.39 is 0 Å². The van der Waals surface area contributed by atoms with E-state index in [1.54, 1.807) is 12.4 Å². The number of aromatic nitrogens is 4. The molecule has 8 nitrogen and oxygen atoms in total. The molecule has 1 aliphatic heterocycles. The highest BCUT2D eigenvalue weighted by Crippen LogP contribution is 2.43. The second-order valence-electron chi connectivity index (χ2n) is 9.26. The van der Waals surface area contributed by atoms with Crippen molar-refractivity contribution in [1.82, 2.24) is 30.8 Å². The van der Waals surface area contributed by atoms with E-state index in [4.69, 9.17) is 4.98 Å². The SMILES string of the molecule is O=C(Cc1ccccc1)Nc1cncc(C2CCC3NNC(c4nc5ncccc5[nH]4)C3C2)c1. The zero-order chi connectivity index (χ0) is 22.9. The van der Waals surface area contributed by atoms with Crippen LogP contribution in [0.4, 0.5) is 5.69 Å². The average molecular weight is 454 g/mol. The van der Waals surface area contributed by atoms with Crippen molar-refractivity contribution in [3.8, 4) is 0 Å². The first-order valence-electron chi connectivity index (χ1n) is 11.8. The number of aromatic amines is 1. The fourth-order valence-corrected chi connectivity index (χ4v) is 5.38. The first-order chi connectivity index (χ1) is 16.7. The molecule has 8 heteroatoms. The van der Waals surface area contributed by atoms with Crippen molar-refractivity contribution < 1.29 is 4.79 Å². The van der Waals surface area contributed by atoms with Gasteiger partial charge in [-0.05, 0) is 60.4 Å². The van der Waals surface area contributed by atoms with Crippen LogP contribution < -0.4 is 16.2 Å². The molecule has 4 aromatic rings. The molecule has 1 aromatic carbocycles. The topological polar surface area (TPSA) is 108 Å². The van der Waals surface area contributed by atoms with E-state index >= 15 is 0 Å². The molecule has 3 aromatic heterocycles. The van der Waals surface area contributed by atoms with E-state index in [0.29, 0.717) is 24.3 Å². The molecule has 4 unspecified atom stereocenters. The Morgan fingerprint density at radius 1 is 1.06 bits per heavy atom. The quantitative estimate of drug-likeness (QED) is 0.368. The van der Waals surface area contributed by atoms with Crippen molar-refractivity contribution in [3.63, 3.8) is 0 Å². The molecule has 2 fully saturated rings. The number of hydrogen-bond donors (Lipinski definition) is 4. The number of hydrogen-bond acceptors (Lipinski definition) is 6. The van der Waals surface area contributed by atoms with Gasteiger partial charge in [-0.15, -0.1) is 0 Å². The van der Waals surface area contributed by atoms with Gasteiger partial charge in [0.05, 0.1) is 29.9 Å². The Bertz CT molecular complexity index is 1270. The van der Waals surface area contributed by atoms with E-state index in [-0.39, 0.29) is 11.9 Å². The monoisotopic (exact) mass is 453 g/mol. The van der Waals surface area contributed by atoms with Crippen LogP contribution in [0.2, 0.25) is 0 Å². The van der Waals surface area contributed by atoms with Crippen molar-refractivity contribution >= 4 is 22.8 Å². The van der Waals surface area contributed by atoms with Crippen molar-refractivity contribution in [2.45, 2.75) is 43.7 Å². The maximum absolute atomic E-state index is 12.5. The molecule has 1 saturated carbocycles. The molecular formula is C26H27N7O. The summed E-state index contributed by atoms with van der Waals surface area (Å²) in [5.74, 6) is 1.67. The molecule has 34 heavy (non-hydrogen) atoms. The number of rotatable bonds is 5. The van der Waals surface area contributed by atoms with Gasteiger partial charge in [0.15, 0.2) is 5.65 Å². The predicted molar refractivity (Wildman–Crippen MR) is 130 cm³/mol. The number of carbonyl (C=O) groups excluding carboxylic acids is 1. The number of benzene rings is 1. The summed E-state index contributed by atoms with van der Waals surface area (Å²) in [5, 5.41) is 3.02. The fourth-order valence-electron chi connectivity index (χ4n) is 5.38. The highest BCUT2D eigenvalue weighted by molar-refractivity contribution is 5.92. The molecule has 1 amide bonds. The molecule has 0 radical (unpaired) electrons. The first kappa shape index (κ1) is 20.9. The van der Waals surface area contributed by atoms with Gasteiger partial charge < -0.3 is 10.3 Å². The number of imidazole rings is 1. The van der Waals surface area contributed by atoms with Gasteiger partial charge in [-0.25, -0.2) is 15.4 Å². The third-order valence-corrected chi connectivity index (χ3v) is 7.04. The number of anilines is 1. The first-order valence-corrected chi connectivity index (χ1v) is 11.8.